The molecule has 1 heteroatoms. The minimum absolute atomic E-state index is 0.460. The summed E-state index contributed by atoms with van der Waals surface area (Å²) in [6.07, 6.45) is 3.20. The normalized spacial score (nSPS) is 14.2. The Bertz CT molecular complexity index is 400. The Morgan fingerprint density at radius 1 is 1.23 bits per heavy atom. The second-order valence-corrected chi connectivity index (χ2v) is 3.90. The maximum absolute atomic E-state index is 9.73. The molecule has 0 amide bonds. The van der Waals surface area contributed by atoms with Crippen molar-refractivity contribution in [1.29, 1.82) is 0 Å². The fourth-order valence-corrected chi connectivity index (χ4v) is 2.00. The van der Waals surface area contributed by atoms with Crippen molar-refractivity contribution in [2.45, 2.75) is 27.2 Å². The summed E-state index contributed by atoms with van der Waals surface area (Å²) in [6.45, 7) is 6.07. The van der Waals surface area contributed by atoms with Gasteiger partial charge in [0.1, 0.15) is 5.75 Å². The van der Waals surface area contributed by atoms with E-state index in [1.165, 1.54) is 16.7 Å². The van der Waals surface area contributed by atoms with Crippen LogP contribution in [-0.2, 0) is 6.42 Å². The van der Waals surface area contributed by atoms with Gasteiger partial charge < -0.3 is 5.11 Å². The molecular formula is C12H14O. The lowest BCUT2D eigenvalue weighted by atomic mass is 9.99. The average molecular weight is 174 g/mol. The fraction of sp³-hybridized carbons (Fsp3) is 0.333. The molecule has 68 valence electrons. The highest BCUT2D eigenvalue weighted by atomic mass is 16.3. The second kappa shape index (κ2) is 2.63. The third-order valence-electron chi connectivity index (χ3n) is 2.76. The first-order chi connectivity index (χ1) is 6.09. The Labute approximate surface area is 78.7 Å². The summed E-state index contributed by atoms with van der Waals surface area (Å²) in [6, 6.07) is 2.06. The largest absolute Gasteiger partial charge is 0.507 e. The van der Waals surface area contributed by atoms with Gasteiger partial charge in [0.25, 0.3) is 0 Å². The number of rotatable bonds is 0. The number of hydrogen-bond acceptors (Lipinski definition) is 1. The van der Waals surface area contributed by atoms with E-state index in [9.17, 15) is 5.11 Å². The first-order valence-electron chi connectivity index (χ1n) is 4.59. The Kier molecular flexibility index (Phi) is 1.69. The summed E-state index contributed by atoms with van der Waals surface area (Å²) in [4.78, 5) is 0. The molecule has 2 rings (SSSR count). The number of phenols is 1. The predicted octanol–water partition coefficient (Wildman–Crippen LogP) is 2.97. The summed E-state index contributed by atoms with van der Waals surface area (Å²) >= 11 is 0. The van der Waals surface area contributed by atoms with Crippen LogP contribution in [-0.4, -0.2) is 5.11 Å². The van der Waals surface area contributed by atoms with Gasteiger partial charge in [-0.3, -0.25) is 0 Å². The van der Waals surface area contributed by atoms with Crippen LogP contribution in [0.2, 0.25) is 0 Å². The number of hydrogen-bond donors (Lipinski definition) is 1. The van der Waals surface area contributed by atoms with E-state index < -0.39 is 0 Å². The number of aryl methyl sites for hydroxylation is 1. The molecule has 1 aliphatic rings. The summed E-state index contributed by atoms with van der Waals surface area (Å²) in [5.74, 6) is 0.460. The zero-order valence-electron chi connectivity index (χ0n) is 8.31. The highest BCUT2D eigenvalue weighted by Gasteiger charge is 2.15. The first kappa shape index (κ1) is 8.36. The van der Waals surface area contributed by atoms with Crippen LogP contribution < -0.4 is 0 Å². The number of phenolic OH excluding ortho intramolecular Hbond substituents is 1. The van der Waals surface area contributed by atoms with Crippen molar-refractivity contribution < 1.29 is 5.11 Å². The molecule has 0 fully saturated rings. The van der Waals surface area contributed by atoms with Crippen LogP contribution in [0.25, 0.3) is 6.08 Å². The van der Waals surface area contributed by atoms with Crippen LogP contribution in [0.3, 0.4) is 0 Å². The second-order valence-electron chi connectivity index (χ2n) is 3.90. The van der Waals surface area contributed by atoms with E-state index in [4.69, 9.17) is 0 Å². The lowest BCUT2D eigenvalue weighted by Crippen LogP contribution is -1.91. The third kappa shape index (κ3) is 1.15. The SMILES string of the molecule is CC1=Cc2cc(C)c(O)c(C)c2C1. The van der Waals surface area contributed by atoms with E-state index in [0.717, 1.165) is 17.5 Å². The highest BCUT2D eigenvalue weighted by Crippen LogP contribution is 2.34. The summed E-state index contributed by atoms with van der Waals surface area (Å²) in [5.41, 5.74) is 5.97. The van der Waals surface area contributed by atoms with Crippen molar-refractivity contribution in [2.75, 3.05) is 0 Å². The van der Waals surface area contributed by atoms with Gasteiger partial charge in [0, 0.05) is 0 Å². The number of allylic oxidation sites excluding steroid dienone is 1. The molecule has 0 saturated heterocycles. The maximum atomic E-state index is 9.73. The quantitative estimate of drug-likeness (QED) is 0.641. The van der Waals surface area contributed by atoms with Gasteiger partial charge in [0.05, 0.1) is 0 Å². The average Bonchev–Trinajstić information content (AvgIpc) is 2.42. The summed E-state index contributed by atoms with van der Waals surface area (Å²) in [7, 11) is 0. The Balaban J connectivity index is 2.67. The van der Waals surface area contributed by atoms with Crippen LogP contribution in [0.4, 0.5) is 0 Å². The zero-order chi connectivity index (χ0) is 9.59. The molecule has 0 aliphatic heterocycles. The molecule has 0 saturated carbocycles. The zero-order valence-corrected chi connectivity index (χ0v) is 8.31. The van der Waals surface area contributed by atoms with Crippen molar-refractivity contribution >= 4 is 6.08 Å². The Morgan fingerprint density at radius 2 is 1.92 bits per heavy atom. The van der Waals surface area contributed by atoms with Gasteiger partial charge in [0.2, 0.25) is 0 Å². The molecule has 0 heterocycles. The third-order valence-corrected chi connectivity index (χ3v) is 2.76. The first-order valence-corrected chi connectivity index (χ1v) is 4.59. The van der Waals surface area contributed by atoms with Gasteiger partial charge in [-0.1, -0.05) is 11.6 Å². The monoisotopic (exact) mass is 174 g/mol. The fourth-order valence-electron chi connectivity index (χ4n) is 2.00. The summed E-state index contributed by atoms with van der Waals surface area (Å²) < 4.78 is 0. The minimum Gasteiger partial charge on any atom is -0.507 e. The molecule has 1 N–H and O–H groups in total. The molecule has 0 bridgehead atoms. The van der Waals surface area contributed by atoms with Crippen molar-refractivity contribution in [3.8, 4) is 5.75 Å². The number of aromatic hydroxyl groups is 1. The molecule has 0 unspecified atom stereocenters. The lowest BCUT2D eigenvalue weighted by molar-refractivity contribution is 0.466. The molecule has 1 aliphatic carbocycles. The molecule has 0 spiro atoms. The number of benzene rings is 1. The van der Waals surface area contributed by atoms with Gasteiger partial charge in [-0.25, -0.2) is 0 Å². The molecule has 13 heavy (non-hydrogen) atoms. The maximum Gasteiger partial charge on any atom is 0.121 e. The van der Waals surface area contributed by atoms with E-state index in [2.05, 4.69) is 19.1 Å². The van der Waals surface area contributed by atoms with E-state index in [1.54, 1.807) is 0 Å². The van der Waals surface area contributed by atoms with Crippen LogP contribution >= 0.6 is 0 Å². The molecule has 1 nitrogen and oxygen atoms in total. The Morgan fingerprint density at radius 3 is 2.62 bits per heavy atom. The van der Waals surface area contributed by atoms with E-state index in [-0.39, 0.29) is 0 Å². The molecular weight excluding hydrogens is 160 g/mol. The van der Waals surface area contributed by atoms with Gasteiger partial charge in [-0.05, 0) is 55.5 Å². The van der Waals surface area contributed by atoms with E-state index in [1.807, 2.05) is 13.8 Å². The van der Waals surface area contributed by atoms with Crippen molar-refractivity contribution in [2.24, 2.45) is 0 Å². The van der Waals surface area contributed by atoms with Crippen LogP contribution in [0.1, 0.15) is 29.2 Å². The van der Waals surface area contributed by atoms with Gasteiger partial charge in [0.15, 0.2) is 0 Å². The minimum atomic E-state index is 0.460. The molecule has 0 radical (unpaired) electrons. The number of fused-ring (bicyclic) bond motifs is 1. The summed E-state index contributed by atoms with van der Waals surface area (Å²) in [5, 5.41) is 9.73. The molecule has 0 atom stereocenters. The smallest absolute Gasteiger partial charge is 0.121 e. The highest BCUT2D eigenvalue weighted by molar-refractivity contribution is 5.68. The molecule has 0 aromatic heterocycles. The Hall–Kier alpha value is -1.24. The van der Waals surface area contributed by atoms with Crippen LogP contribution in [0.15, 0.2) is 11.6 Å². The van der Waals surface area contributed by atoms with Crippen LogP contribution in [0.5, 0.6) is 5.75 Å². The topological polar surface area (TPSA) is 20.2 Å². The van der Waals surface area contributed by atoms with Gasteiger partial charge >= 0.3 is 0 Å². The lowest BCUT2D eigenvalue weighted by Gasteiger charge is -2.09. The van der Waals surface area contributed by atoms with Crippen LogP contribution in [0, 0.1) is 13.8 Å². The molecule has 1 aromatic carbocycles. The van der Waals surface area contributed by atoms with E-state index >= 15 is 0 Å². The van der Waals surface area contributed by atoms with Crippen molar-refractivity contribution in [1.82, 2.24) is 0 Å². The van der Waals surface area contributed by atoms with Crippen molar-refractivity contribution in [3.05, 3.63) is 33.9 Å². The standard InChI is InChI=1S/C12H14O/c1-7-4-10-6-8(2)12(13)9(3)11(10)5-7/h4,6,13H,5H2,1-3H3. The van der Waals surface area contributed by atoms with Gasteiger partial charge in [-0.15, -0.1) is 0 Å². The molecule has 1 aromatic rings. The predicted molar refractivity (Wildman–Crippen MR) is 54.9 cm³/mol. The van der Waals surface area contributed by atoms with E-state index in [0.29, 0.717) is 5.75 Å². The van der Waals surface area contributed by atoms with Gasteiger partial charge in [-0.2, -0.15) is 0 Å². The van der Waals surface area contributed by atoms with Crippen molar-refractivity contribution in [3.63, 3.8) is 0 Å².